The zero-order valence-electron chi connectivity index (χ0n) is 13.8. The molecule has 4 nitrogen and oxygen atoms in total. The minimum atomic E-state index is -0.135. The summed E-state index contributed by atoms with van der Waals surface area (Å²) in [6.45, 7) is 12.8. The molecular weight excluding hydrogens is 262 g/mol. The van der Waals surface area contributed by atoms with Crippen molar-refractivity contribution in [2.45, 2.75) is 59.0 Å². The van der Waals surface area contributed by atoms with Gasteiger partial charge in [-0.1, -0.05) is 58.9 Å². The van der Waals surface area contributed by atoms with Crippen molar-refractivity contribution in [1.29, 1.82) is 0 Å². The van der Waals surface area contributed by atoms with Crippen molar-refractivity contribution in [3.05, 3.63) is 41.2 Å². The van der Waals surface area contributed by atoms with Gasteiger partial charge in [0.1, 0.15) is 5.69 Å². The molecule has 0 aliphatic rings. The van der Waals surface area contributed by atoms with Gasteiger partial charge in [0.2, 0.25) is 0 Å². The SMILES string of the molecule is CC(C)(C)c1ccc(-n2nnc(CO)c2C(C)(C)C)cc1. The highest BCUT2D eigenvalue weighted by Gasteiger charge is 2.25. The van der Waals surface area contributed by atoms with E-state index in [-0.39, 0.29) is 17.4 Å². The quantitative estimate of drug-likeness (QED) is 0.921. The van der Waals surface area contributed by atoms with E-state index >= 15 is 0 Å². The maximum absolute atomic E-state index is 9.48. The second-order valence-corrected chi connectivity index (χ2v) is 7.50. The number of aliphatic hydroxyl groups is 1. The molecule has 21 heavy (non-hydrogen) atoms. The Labute approximate surface area is 126 Å². The molecule has 1 heterocycles. The van der Waals surface area contributed by atoms with Crippen molar-refractivity contribution in [2.24, 2.45) is 0 Å². The van der Waals surface area contributed by atoms with Crippen LogP contribution in [0.3, 0.4) is 0 Å². The molecule has 0 saturated heterocycles. The largest absolute Gasteiger partial charge is 0.390 e. The van der Waals surface area contributed by atoms with Gasteiger partial charge in [0.15, 0.2) is 0 Å². The Balaban J connectivity index is 2.50. The van der Waals surface area contributed by atoms with Crippen LogP contribution in [0.1, 0.15) is 58.5 Å². The van der Waals surface area contributed by atoms with Crippen molar-refractivity contribution in [1.82, 2.24) is 15.0 Å². The molecule has 1 aromatic carbocycles. The van der Waals surface area contributed by atoms with Crippen molar-refractivity contribution >= 4 is 0 Å². The van der Waals surface area contributed by atoms with Gasteiger partial charge >= 0.3 is 0 Å². The molecule has 0 saturated carbocycles. The fourth-order valence-corrected chi connectivity index (χ4v) is 2.45. The molecule has 0 radical (unpaired) electrons. The summed E-state index contributed by atoms with van der Waals surface area (Å²) in [5, 5.41) is 17.8. The first-order valence-electron chi connectivity index (χ1n) is 7.31. The van der Waals surface area contributed by atoms with E-state index in [2.05, 4.69) is 76.1 Å². The Kier molecular flexibility index (Phi) is 3.93. The number of aromatic nitrogens is 3. The highest BCUT2D eigenvalue weighted by atomic mass is 16.3. The number of nitrogens with zero attached hydrogens (tertiary/aromatic N) is 3. The van der Waals surface area contributed by atoms with E-state index in [0.29, 0.717) is 5.69 Å². The number of benzene rings is 1. The Morgan fingerprint density at radius 1 is 0.952 bits per heavy atom. The Morgan fingerprint density at radius 3 is 1.95 bits per heavy atom. The maximum atomic E-state index is 9.48. The fourth-order valence-electron chi connectivity index (χ4n) is 2.45. The Morgan fingerprint density at radius 2 is 1.52 bits per heavy atom. The van der Waals surface area contributed by atoms with Crippen LogP contribution in [-0.4, -0.2) is 20.1 Å². The van der Waals surface area contributed by atoms with Gasteiger partial charge in [-0.3, -0.25) is 0 Å². The van der Waals surface area contributed by atoms with Gasteiger partial charge in [-0.2, -0.15) is 0 Å². The number of rotatable bonds is 2. The molecule has 0 aliphatic heterocycles. The van der Waals surface area contributed by atoms with Crippen LogP contribution >= 0.6 is 0 Å². The normalized spacial score (nSPS) is 12.7. The second kappa shape index (κ2) is 5.26. The molecule has 0 fully saturated rings. The van der Waals surface area contributed by atoms with Crippen LogP contribution in [0.5, 0.6) is 0 Å². The van der Waals surface area contributed by atoms with Gasteiger partial charge in [-0.25, -0.2) is 4.68 Å². The first-order valence-corrected chi connectivity index (χ1v) is 7.31. The van der Waals surface area contributed by atoms with Crippen LogP contribution in [0.25, 0.3) is 5.69 Å². The minimum absolute atomic E-state index is 0.0906. The third-order valence-electron chi connectivity index (χ3n) is 3.58. The lowest BCUT2D eigenvalue weighted by Gasteiger charge is -2.22. The van der Waals surface area contributed by atoms with E-state index in [1.165, 1.54) is 5.56 Å². The highest BCUT2D eigenvalue weighted by Crippen LogP contribution is 2.28. The predicted molar refractivity (Wildman–Crippen MR) is 84.7 cm³/mol. The summed E-state index contributed by atoms with van der Waals surface area (Å²) in [6.07, 6.45) is 0. The van der Waals surface area contributed by atoms with Crippen LogP contribution in [0, 0.1) is 0 Å². The molecule has 114 valence electrons. The van der Waals surface area contributed by atoms with Gasteiger partial charge in [-0.15, -0.1) is 5.10 Å². The highest BCUT2D eigenvalue weighted by molar-refractivity contribution is 5.39. The van der Waals surface area contributed by atoms with Crippen molar-refractivity contribution < 1.29 is 5.11 Å². The van der Waals surface area contributed by atoms with Crippen LogP contribution < -0.4 is 0 Å². The summed E-state index contributed by atoms with van der Waals surface area (Å²) in [4.78, 5) is 0. The molecule has 2 rings (SSSR count). The molecule has 4 heteroatoms. The van der Waals surface area contributed by atoms with E-state index < -0.39 is 0 Å². The topological polar surface area (TPSA) is 50.9 Å². The van der Waals surface area contributed by atoms with Crippen LogP contribution in [0.15, 0.2) is 24.3 Å². The summed E-state index contributed by atoms with van der Waals surface area (Å²) >= 11 is 0. The number of hydrogen-bond acceptors (Lipinski definition) is 3. The van der Waals surface area contributed by atoms with E-state index in [1.807, 2.05) is 4.68 Å². The smallest absolute Gasteiger partial charge is 0.112 e. The summed E-state index contributed by atoms with van der Waals surface area (Å²) in [5.74, 6) is 0. The van der Waals surface area contributed by atoms with Gasteiger partial charge < -0.3 is 5.11 Å². The van der Waals surface area contributed by atoms with Gasteiger partial charge in [0, 0.05) is 5.41 Å². The Bertz CT molecular complexity index is 613. The summed E-state index contributed by atoms with van der Waals surface area (Å²) in [7, 11) is 0. The zero-order chi connectivity index (χ0) is 15.8. The average molecular weight is 287 g/mol. The van der Waals surface area contributed by atoms with Crippen LogP contribution in [-0.2, 0) is 17.4 Å². The molecule has 1 aromatic heterocycles. The molecule has 1 N–H and O–H groups in total. The van der Waals surface area contributed by atoms with Crippen molar-refractivity contribution in [3.8, 4) is 5.69 Å². The number of aliphatic hydroxyl groups excluding tert-OH is 1. The lowest BCUT2D eigenvalue weighted by molar-refractivity contribution is 0.273. The summed E-state index contributed by atoms with van der Waals surface area (Å²) in [6, 6.07) is 8.38. The van der Waals surface area contributed by atoms with Crippen molar-refractivity contribution in [3.63, 3.8) is 0 Å². The number of hydrogen-bond donors (Lipinski definition) is 1. The molecule has 2 aromatic rings. The fraction of sp³-hybridized carbons (Fsp3) is 0.529. The van der Waals surface area contributed by atoms with E-state index in [0.717, 1.165) is 11.4 Å². The first-order chi connectivity index (χ1) is 9.64. The van der Waals surface area contributed by atoms with Gasteiger partial charge in [0.25, 0.3) is 0 Å². The monoisotopic (exact) mass is 287 g/mol. The molecule has 0 spiro atoms. The molecular formula is C17H25N3O. The van der Waals surface area contributed by atoms with Gasteiger partial charge in [-0.05, 0) is 23.1 Å². The molecule has 0 aliphatic carbocycles. The third kappa shape index (κ3) is 3.16. The second-order valence-electron chi connectivity index (χ2n) is 7.50. The molecule has 0 amide bonds. The van der Waals surface area contributed by atoms with E-state index in [1.54, 1.807) is 0 Å². The average Bonchev–Trinajstić information content (AvgIpc) is 2.81. The molecule has 0 atom stereocenters. The van der Waals surface area contributed by atoms with Gasteiger partial charge in [0.05, 0.1) is 18.0 Å². The Hall–Kier alpha value is -1.68. The van der Waals surface area contributed by atoms with E-state index in [9.17, 15) is 5.11 Å². The molecule has 0 unspecified atom stereocenters. The van der Waals surface area contributed by atoms with Crippen LogP contribution in [0.2, 0.25) is 0 Å². The molecule has 0 bridgehead atoms. The summed E-state index contributed by atoms with van der Waals surface area (Å²) in [5.41, 5.74) is 3.84. The predicted octanol–water partition coefficient (Wildman–Crippen LogP) is 3.35. The van der Waals surface area contributed by atoms with Crippen LogP contribution in [0.4, 0.5) is 0 Å². The summed E-state index contributed by atoms with van der Waals surface area (Å²) < 4.78 is 1.83. The maximum Gasteiger partial charge on any atom is 0.112 e. The van der Waals surface area contributed by atoms with E-state index in [4.69, 9.17) is 0 Å². The zero-order valence-corrected chi connectivity index (χ0v) is 13.8. The first kappa shape index (κ1) is 15.7. The minimum Gasteiger partial charge on any atom is -0.390 e. The lowest BCUT2D eigenvalue weighted by Crippen LogP contribution is -2.19. The van der Waals surface area contributed by atoms with Crippen molar-refractivity contribution in [2.75, 3.05) is 0 Å². The lowest BCUT2D eigenvalue weighted by atomic mass is 9.87. The third-order valence-corrected chi connectivity index (χ3v) is 3.58. The standard InChI is InChI=1S/C17H25N3O/c1-16(2,3)12-7-9-13(10-8-12)20-15(17(4,5)6)14(11-21)18-19-20/h7-10,21H,11H2,1-6H3.